The number of carbonyl (C=O) groups is 1. The van der Waals surface area contributed by atoms with Gasteiger partial charge in [0.25, 0.3) is 11.6 Å². The van der Waals surface area contributed by atoms with Gasteiger partial charge in [-0.25, -0.2) is 0 Å². The van der Waals surface area contributed by atoms with Gasteiger partial charge in [-0.15, -0.1) is 0 Å². The number of nitro groups is 1. The fourth-order valence-electron chi connectivity index (χ4n) is 3.79. The fourth-order valence-corrected chi connectivity index (χ4v) is 5.09. The summed E-state index contributed by atoms with van der Waals surface area (Å²) in [4.78, 5) is 25.7. The van der Waals surface area contributed by atoms with E-state index in [1.54, 1.807) is 54.6 Å². The summed E-state index contributed by atoms with van der Waals surface area (Å²) in [5, 5.41) is 11.0. The minimum atomic E-state index is -0.445. The first-order valence-electron chi connectivity index (χ1n) is 11.2. The van der Waals surface area contributed by atoms with Crippen LogP contribution in [0.25, 0.3) is 6.08 Å². The third-order valence-electron chi connectivity index (χ3n) is 5.49. The molecule has 188 valence electrons. The highest BCUT2D eigenvalue weighted by atomic mass is 32.2. The second-order valence-corrected chi connectivity index (χ2v) is 9.59. The quantitative estimate of drug-likeness (QED) is 0.155. The van der Waals surface area contributed by atoms with Crippen molar-refractivity contribution in [2.75, 3.05) is 18.3 Å². The van der Waals surface area contributed by atoms with E-state index in [2.05, 4.69) is 0 Å². The van der Waals surface area contributed by atoms with Crippen molar-refractivity contribution in [3.63, 3.8) is 0 Å². The molecule has 0 atom stereocenters. The number of nitrogens with zero attached hydrogens (tertiary/aromatic N) is 2. The van der Waals surface area contributed by atoms with Crippen LogP contribution in [0.1, 0.15) is 18.1 Å². The lowest BCUT2D eigenvalue weighted by atomic mass is 10.1. The van der Waals surface area contributed by atoms with Crippen molar-refractivity contribution >= 4 is 51.7 Å². The Hall–Kier alpha value is -4.09. The average molecular weight is 537 g/mol. The molecule has 0 aromatic heterocycles. The Kier molecular flexibility index (Phi) is 6.97. The summed E-state index contributed by atoms with van der Waals surface area (Å²) < 4.78 is 22.8. The number of non-ortho nitro benzene ring substituents is 1. The van der Waals surface area contributed by atoms with Gasteiger partial charge in [0.05, 0.1) is 22.1 Å². The van der Waals surface area contributed by atoms with E-state index in [4.69, 9.17) is 31.2 Å². The number of carbonyl (C=O) groups excluding carboxylic acids is 1. The zero-order chi connectivity index (χ0) is 25.9. The number of benzene rings is 3. The fraction of sp³-hybridized carbons (Fsp3) is 0.154. The topological polar surface area (TPSA) is 100 Å². The maximum atomic E-state index is 13.2. The van der Waals surface area contributed by atoms with Crippen LogP contribution in [0.3, 0.4) is 0 Å². The molecule has 37 heavy (non-hydrogen) atoms. The Morgan fingerprint density at radius 1 is 1.08 bits per heavy atom. The van der Waals surface area contributed by atoms with E-state index in [1.807, 2.05) is 6.92 Å². The Bertz CT molecular complexity index is 1440. The number of thioether (sulfide) groups is 1. The third-order valence-corrected chi connectivity index (χ3v) is 6.79. The molecule has 0 saturated carbocycles. The van der Waals surface area contributed by atoms with Crippen LogP contribution in [0, 0.1) is 10.1 Å². The van der Waals surface area contributed by atoms with E-state index in [9.17, 15) is 14.9 Å². The number of thiocarbonyl (C=S) groups is 1. The molecule has 11 heteroatoms. The number of amides is 1. The SMILES string of the molecule is CCOc1cc(/C=C2/SC(=S)N(c3ccc4c(c3)OCO4)C2=O)ccc1OCc1cccc([N+](=O)[O-])c1. The standard InChI is InChI=1S/C26H20N2O7S2/c1-2-32-22-11-16(6-8-20(22)33-14-17-4-3-5-19(10-17)28(30)31)12-24-25(29)27(26(36)37-24)18-7-9-21-23(13-18)35-15-34-21/h3-13H,2,14-15H2,1H3/b24-12+. The van der Waals surface area contributed by atoms with Crippen LogP contribution in [0.2, 0.25) is 0 Å². The first-order valence-corrected chi connectivity index (χ1v) is 12.5. The van der Waals surface area contributed by atoms with Gasteiger partial charge >= 0.3 is 0 Å². The van der Waals surface area contributed by atoms with Gasteiger partial charge in [-0.2, -0.15) is 0 Å². The molecule has 1 amide bonds. The minimum Gasteiger partial charge on any atom is -0.490 e. The number of hydrogen-bond donors (Lipinski definition) is 0. The highest BCUT2D eigenvalue weighted by Crippen LogP contribution is 2.41. The largest absolute Gasteiger partial charge is 0.490 e. The van der Waals surface area contributed by atoms with E-state index in [-0.39, 0.29) is 25.0 Å². The number of anilines is 1. The van der Waals surface area contributed by atoms with Gasteiger partial charge in [0.2, 0.25) is 6.79 Å². The summed E-state index contributed by atoms with van der Waals surface area (Å²) >= 11 is 6.69. The van der Waals surface area contributed by atoms with Crippen LogP contribution in [-0.2, 0) is 11.4 Å². The van der Waals surface area contributed by atoms with Gasteiger partial charge in [-0.1, -0.05) is 42.2 Å². The van der Waals surface area contributed by atoms with Crippen LogP contribution in [0.5, 0.6) is 23.0 Å². The van der Waals surface area contributed by atoms with Crippen molar-refractivity contribution in [2.24, 2.45) is 0 Å². The third kappa shape index (κ3) is 5.23. The predicted molar refractivity (Wildman–Crippen MR) is 143 cm³/mol. The van der Waals surface area contributed by atoms with Crippen molar-refractivity contribution in [1.29, 1.82) is 0 Å². The highest BCUT2D eigenvalue weighted by Gasteiger charge is 2.34. The molecule has 2 aliphatic heterocycles. The number of hydrogen-bond acceptors (Lipinski definition) is 9. The molecule has 0 bridgehead atoms. The molecule has 0 N–H and O–H groups in total. The van der Waals surface area contributed by atoms with Crippen molar-refractivity contribution < 1.29 is 28.7 Å². The van der Waals surface area contributed by atoms with E-state index < -0.39 is 4.92 Å². The number of nitro benzene ring substituents is 1. The molecule has 1 saturated heterocycles. The van der Waals surface area contributed by atoms with Gasteiger partial charge in [0.1, 0.15) is 6.61 Å². The molecule has 2 aliphatic rings. The average Bonchev–Trinajstić information content (AvgIpc) is 3.47. The van der Waals surface area contributed by atoms with Gasteiger partial charge < -0.3 is 18.9 Å². The Morgan fingerprint density at radius 3 is 2.73 bits per heavy atom. The summed E-state index contributed by atoms with van der Waals surface area (Å²) in [7, 11) is 0. The van der Waals surface area contributed by atoms with Crippen molar-refractivity contribution in [1.82, 2.24) is 0 Å². The summed E-state index contributed by atoms with van der Waals surface area (Å²) in [6, 6.07) is 16.8. The molecule has 9 nitrogen and oxygen atoms in total. The van der Waals surface area contributed by atoms with Gasteiger partial charge in [0, 0.05) is 18.2 Å². The maximum absolute atomic E-state index is 13.2. The first kappa shape index (κ1) is 24.6. The molecule has 0 unspecified atom stereocenters. The van der Waals surface area contributed by atoms with Crippen molar-refractivity contribution in [3.05, 3.63) is 86.8 Å². The maximum Gasteiger partial charge on any atom is 0.270 e. The van der Waals surface area contributed by atoms with Gasteiger partial charge in [-0.05, 0) is 48.4 Å². The van der Waals surface area contributed by atoms with Crippen LogP contribution < -0.4 is 23.8 Å². The normalized spacial score (nSPS) is 15.4. The molecule has 0 spiro atoms. The minimum absolute atomic E-state index is 0.000425. The second-order valence-electron chi connectivity index (χ2n) is 7.91. The lowest BCUT2D eigenvalue weighted by Crippen LogP contribution is -2.27. The molecular weight excluding hydrogens is 516 g/mol. The smallest absolute Gasteiger partial charge is 0.270 e. The molecule has 3 aromatic carbocycles. The number of fused-ring (bicyclic) bond motifs is 1. The van der Waals surface area contributed by atoms with Crippen LogP contribution in [0.4, 0.5) is 11.4 Å². The Morgan fingerprint density at radius 2 is 1.92 bits per heavy atom. The molecular formula is C26H20N2O7S2. The highest BCUT2D eigenvalue weighted by molar-refractivity contribution is 8.27. The molecule has 3 aromatic rings. The predicted octanol–water partition coefficient (Wildman–Crippen LogP) is 5.71. The van der Waals surface area contributed by atoms with Crippen LogP contribution in [0.15, 0.2) is 65.6 Å². The summed E-state index contributed by atoms with van der Waals surface area (Å²) in [6.45, 7) is 2.54. The van der Waals surface area contributed by atoms with Crippen LogP contribution >= 0.6 is 24.0 Å². The lowest BCUT2D eigenvalue weighted by molar-refractivity contribution is -0.384. The zero-order valence-corrected chi connectivity index (χ0v) is 21.2. The van der Waals surface area contributed by atoms with Gasteiger partial charge in [0.15, 0.2) is 27.3 Å². The molecule has 0 radical (unpaired) electrons. The number of ether oxygens (including phenoxy) is 4. The number of rotatable bonds is 8. The lowest BCUT2D eigenvalue weighted by Gasteiger charge is -2.15. The molecule has 1 fully saturated rings. The molecule has 0 aliphatic carbocycles. The summed E-state index contributed by atoms with van der Waals surface area (Å²) in [6.07, 6.45) is 1.75. The van der Waals surface area contributed by atoms with Gasteiger partial charge in [-0.3, -0.25) is 19.8 Å². The van der Waals surface area contributed by atoms with Crippen molar-refractivity contribution in [3.8, 4) is 23.0 Å². The summed E-state index contributed by atoms with van der Waals surface area (Å²) in [5.74, 6) is 1.93. The Balaban J connectivity index is 1.35. The van der Waals surface area contributed by atoms with E-state index >= 15 is 0 Å². The zero-order valence-electron chi connectivity index (χ0n) is 19.5. The Labute approximate surface area is 221 Å². The van der Waals surface area contributed by atoms with E-state index in [1.165, 1.54) is 28.8 Å². The van der Waals surface area contributed by atoms with Crippen molar-refractivity contribution in [2.45, 2.75) is 13.5 Å². The second kappa shape index (κ2) is 10.5. The monoisotopic (exact) mass is 536 g/mol. The van der Waals surface area contributed by atoms with E-state index in [0.29, 0.717) is 50.1 Å². The first-order chi connectivity index (χ1) is 17.9. The molecule has 2 heterocycles. The molecule has 5 rings (SSSR count). The van der Waals surface area contributed by atoms with E-state index in [0.717, 1.165) is 5.56 Å². The van der Waals surface area contributed by atoms with Crippen LogP contribution in [-0.4, -0.2) is 28.6 Å². The summed E-state index contributed by atoms with van der Waals surface area (Å²) in [5.41, 5.74) is 2.00.